The van der Waals surface area contributed by atoms with Gasteiger partial charge >= 0.3 is 0 Å². The maximum Gasteiger partial charge on any atom is 0.215 e. The fourth-order valence-electron chi connectivity index (χ4n) is 2.36. The summed E-state index contributed by atoms with van der Waals surface area (Å²) in [6.45, 7) is 0.333. The Bertz CT molecular complexity index is 641. The fourth-order valence-corrected chi connectivity index (χ4v) is 4.36. The zero-order chi connectivity index (χ0) is 13.3. The molecule has 0 saturated carbocycles. The van der Waals surface area contributed by atoms with E-state index in [1.165, 1.54) is 11.5 Å². The van der Waals surface area contributed by atoms with Crippen LogP contribution < -0.4 is 4.72 Å². The Labute approximate surface area is 116 Å². The molecular formula is C13H14N2O2S2. The Kier molecular flexibility index (Phi) is 3.38. The number of nitrogens with one attached hydrogen (secondary N) is 1. The molecule has 1 aromatic carbocycles. The van der Waals surface area contributed by atoms with Crippen molar-refractivity contribution in [2.24, 2.45) is 0 Å². The summed E-state index contributed by atoms with van der Waals surface area (Å²) in [6.07, 6.45) is 2.89. The van der Waals surface area contributed by atoms with Crippen LogP contribution in [-0.2, 0) is 29.4 Å². The van der Waals surface area contributed by atoms with E-state index >= 15 is 0 Å². The lowest BCUT2D eigenvalue weighted by atomic mass is 10.1. The molecule has 0 saturated heterocycles. The summed E-state index contributed by atoms with van der Waals surface area (Å²) in [4.78, 5) is 0.930. The zero-order valence-corrected chi connectivity index (χ0v) is 11.9. The molecule has 1 N–H and O–H groups in total. The van der Waals surface area contributed by atoms with E-state index in [0.29, 0.717) is 19.4 Å². The lowest BCUT2D eigenvalue weighted by Gasteiger charge is -2.11. The van der Waals surface area contributed by atoms with Crippen molar-refractivity contribution in [3.63, 3.8) is 0 Å². The summed E-state index contributed by atoms with van der Waals surface area (Å²) in [7, 11) is -3.27. The van der Waals surface area contributed by atoms with E-state index in [1.54, 1.807) is 6.20 Å². The van der Waals surface area contributed by atoms with Crippen LogP contribution in [0.5, 0.6) is 0 Å². The van der Waals surface area contributed by atoms with E-state index in [0.717, 1.165) is 16.0 Å². The molecule has 0 amide bonds. The predicted octanol–water partition coefficient (Wildman–Crippen LogP) is 1.73. The second-order valence-corrected chi connectivity index (χ2v) is 7.61. The van der Waals surface area contributed by atoms with E-state index < -0.39 is 10.0 Å². The van der Waals surface area contributed by atoms with Crippen LogP contribution in [0.25, 0.3) is 0 Å². The minimum Gasteiger partial charge on any atom is -0.212 e. The summed E-state index contributed by atoms with van der Waals surface area (Å²) >= 11 is 1.32. The minimum absolute atomic E-state index is 0.333. The number of benzene rings is 1. The maximum absolute atomic E-state index is 12.3. The fraction of sp³-hybridized carbons (Fsp3) is 0.308. The van der Waals surface area contributed by atoms with Crippen molar-refractivity contribution >= 4 is 21.6 Å². The van der Waals surface area contributed by atoms with E-state index in [2.05, 4.69) is 9.10 Å². The Morgan fingerprint density at radius 1 is 1.21 bits per heavy atom. The van der Waals surface area contributed by atoms with Gasteiger partial charge in [-0.15, -0.1) is 0 Å². The van der Waals surface area contributed by atoms with E-state index in [-0.39, 0.29) is 5.25 Å². The van der Waals surface area contributed by atoms with Gasteiger partial charge in [0.2, 0.25) is 10.0 Å². The molecule has 0 unspecified atom stereocenters. The first kappa shape index (κ1) is 12.8. The molecule has 1 heterocycles. The summed E-state index contributed by atoms with van der Waals surface area (Å²) in [5.41, 5.74) is 2.30. The summed E-state index contributed by atoms with van der Waals surface area (Å²) in [5.74, 6) is 0. The number of rotatable bonds is 4. The van der Waals surface area contributed by atoms with Gasteiger partial charge in [-0.05, 0) is 41.6 Å². The van der Waals surface area contributed by atoms with Crippen molar-refractivity contribution in [2.45, 2.75) is 24.6 Å². The number of hydrogen-bond acceptors (Lipinski definition) is 4. The molecule has 0 bridgehead atoms. The molecule has 0 fully saturated rings. The highest BCUT2D eigenvalue weighted by molar-refractivity contribution is 7.90. The van der Waals surface area contributed by atoms with Gasteiger partial charge in [0.05, 0.1) is 5.25 Å². The average molecular weight is 294 g/mol. The van der Waals surface area contributed by atoms with Crippen molar-refractivity contribution in [3.05, 3.63) is 52.5 Å². The third-order valence-corrected chi connectivity index (χ3v) is 5.89. The summed E-state index contributed by atoms with van der Waals surface area (Å²) in [6, 6.07) is 9.76. The molecule has 1 aliphatic rings. The Morgan fingerprint density at radius 3 is 2.47 bits per heavy atom. The second-order valence-electron chi connectivity index (χ2n) is 4.64. The predicted molar refractivity (Wildman–Crippen MR) is 75.5 cm³/mol. The summed E-state index contributed by atoms with van der Waals surface area (Å²) in [5, 5.41) is -0.349. The van der Waals surface area contributed by atoms with Crippen LogP contribution in [0.1, 0.15) is 16.0 Å². The number of fused-ring (bicyclic) bond motifs is 1. The van der Waals surface area contributed by atoms with Gasteiger partial charge in [0.15, 0.2) is 0 Å². The number of nitrogens with zero attached hydrogens (tertiary/aromatic N) is 1. The van der Waals surface area contributed by atoms with Crippen molar-refractivity contribution in [1.29, 1.82) is 0 Å². The molecule has 0 spiro atoms. The van der Waals surface area contributed by atoms with Gasteiger partial charge in [-0.1, -0.05) is 24.3 Å². The lowest BCUT2D eigenvalue weighted by molar-refractivity contribution is 0.566. The molecule has 2 aromatic rings. The first-order valence-electron chi connectivity index (χ1n) is 6.10. The summed E-state index contributed by atoms with van der Waals surface area (Å²) < 4.78 is 31.2. The average Bonchev–Trinajstić information content (AvgIpc) is 3.05. The van der Waals surface area contributed by atoms with Crippen LogP contribution >= 0.6 is 11.5 Å². The van der Waals surface area contributed by atoms with Gasteiger partial charge in [-0.2, -0.15) is 0 Å². The molecular weight excluding hydrogens is 280 g/mol. The van der Waals surface area contributed by atoms with Crippen LogP contribution in [0.2, 0.25) is 0 Å². The third kappa shape index (κ3) is 2.70. The van der Waals surface area contributed by atoms with Gasteiger partial charge < -0.3 is 0 Å². The molecule has 3 rings (SSSR count). The molecule has 6 heteroatoms. The van der Waals surface area contributed by atoms with Crippen molar-refractivity contribution in [1.82, 2.24) is 9.10 Å². The first-order valence-corrected chi connectivity index (χ1v) is 8.42. The topological polar surface area (TPSA) is 59.1 Å². The number of aromatic nitrogens is 1. The van der Waals surface area contributed by atoms with Crippen LogP contribution in [0.15, 0.2) is 36.5 Å². The smallest absolute Gasteiger partial charge is 0.212 e. The van der Waals surface area contributed by atoms with Crippen LogP contribution in [0, 0.1) is 0 Å². The Balaban J connectivity index is 1.69. The standard InChI is InChI=1S/C13H14N2O2S2/c16-19(17,15-9-12-5-6-14-18-12)13-7-10-3-1-2-4-11(10)8-13/h1-6,13,15H,7-9H2. The lowest BCUT2D eigenvalue weighted by Crippen LogP contribution is -2.34. The van der Waals surface area contributed by atoms with Crippen LogP contribution in [0.3, 0.4) is 0 Å². The minimum atomic E-state index is -3.27. The number of hydrogen-bond donors (Lipinski definition) is 1. The molecule has 0 radical (unpaired) electrons. The van der Waals surface area contributed by atoms with Crippen molar-refractivity contribution in [2.75, 3.05) is 0 Å². The molecule has 1 aromatic heterocycles. The van der Waals surface area contributed by atoms with Crippen molar-refractivity contribution < 1.29 is 8.42 Å². The molecule has 0 aliphatic heterocycles. The van der Waals surface area contributed by atoms with Gasteiger partial charge in [-0.25, -0.2) is 17.5 Å². The molecule has 1 aliphatic carbocycles. The van der Waals surface area contributed by atoms with E-state index in [9.17, 15) is 8.42 Å². The highest BCUT2D eigenvalue weighted by Gasteiger charge is 2.31. The SMILES string of the molecule is O=S(=O)(NCc1ccns1)C1Cc2ccccc2C1. The highest BCUT2D eigenvalue weighted by atomic mass is 32.2. The van der Waals surface area contributed by atoms with Gasteiger partial charge in [-0.3, -0.25) is 0 Å². The van der Waals surface area contributed by atoms with E-state index in [1.807, 2.05) is 30.3 Å². The molecule has 0 atom stereocenters. The second kappa shape index (κ2) is 5.03. The van der Waals surface area contributed by atoms with Gasteiger partial charge in [0.1, 0.15) is 0 Å². The Hall–Kier alpha value is -1.24. The van der Waals surface area contributed by atoms with Crippen LogP contribution in [-0.4, -0.2) is 18.0 Å². The third-order valence-electron chi connectivity index (χ3n) is 3.39. The molecule has 4 nitrogen and oxygen atoms in total. The monoisotopic (exact) mass is 294 g/mol. The highest BCUT2D eigenvalue weighted by Crippen LogP contribution is 2.26. The zero-order valence-electron chi connectivity index (χ0n) is 10.2. The molecule has 100 valence electrons. The van der Waals surface area contributed by atoms with Crippen molar-refractivity contribution in [3.8, 4) is 0 Å². The maximum atomic E-state index is 12.3. The largest absolute Gasteiger partial charge is 0.215 e. The Morgan fingerprint density at radius 2 is 1.89 bits per heavy atom. The molecule has 19 heavy (non-hydrogen) atoms. The van der Waals surface area contributed by atoms with E-state index in [4.69, 9.17) is 0 Å². The van der Waals surface area contributed by atoms with Crippen LogP contribution in [0.4, 0.5) is 0 Å². The van der Waals surface area contributed by atoms with Gasteiger partial charge in [0.25, 0.3) is 0 Å². The van der Waals surface area contributed by atoms with Gasteiger partial charge in [0, 0.05) is 17.6 Å². The quantitative estimate of drug-likeness (QED) is 0.934. The number of sulfonamides is 1. The normalized spacial score (nSPS) is 15.6. The first-order chi connectivity index (χ1) is 9.15.